The molecule has 4 atom stereocenters. The lowest BCUT2D eigenvalue weighted by Gasteiger charge is -2.31. The number of hydrogen-bond acceptors (Lipinski definition) is 14. The quantitative estimate of drug-likeness (QED) is 0.0831. The zero-order chi connectivity index (χ0) is 45.4. The van der Waals surface area contributed by atoms with Crippen molar-refractivity contribution in [2.24, 2.45) is 17.8 Å². The molecule has 2 aromatic carbocycles. The lowest BCUT2D eigenvalue weighted by molar-refractivity contribution is -0.199. The maximum absolute atomic E-state index is 12.4. The second kappa shape index (κ2) is 28.4. The lowest BCUT2D eigenvalue weighted by atomic mass is 9.99. The average molecular weight is 868 g/mol. The molecule has 0 spiro atoms. The van der Waals surface area contributed by atoms with Gasteiger partial charge < -0.3 is 49.8 Å². The molecule has 17 nitrogen and oxygen atoms in total. The zero-order valence-corrected chi connectivity index (χ0v) is 37.3. The van der Waals surface area contributed by atoms with Gasteiger partial charge in [0.15, 0.2) is 11.5 Å². The van der Waals surface area contributed by atoms with Crippen molar-refractivity contribution in [3.8, 4) is 11.5 Å². The van der Waals surface area contributed by atoms with Gasteiger partial charge in [-0.05, 0) is 93.2 Å². The minimum Gasteiger partial charge on any atom is -0.458 e. The fourth-order valence-electron chi connectivity index (χ4n) is 4.98. The van der Waals surface area contributed by atoms with Gasteiger partial charge in [-0.25, -0.2) is 0 Å². The predicted molar refractivity (Wildman–Crippen MR) is 228 cm³/mol. The van der Waals surface area contributed by atoms with Gasteiger partial charge in [0.2, 0.25) is 6.29 Å². The number of hydrogen-bond donors (Lipinski definition) is 8. The number of rotatable bonds is 18. The van der Waals surface area contributed by atoms with Crippen LogP contribution in [0.15, 0.2) is 48.7 Å². The third-order valence-electron chi connectivity index (χ3n) is 8.70. The Kier molecular flexibility index (Phi) is 25.5. The number of H-pyrrole nitrogens is 1. The van der Waals surface area contributed by atoms with Gasteiger partial charge in [-0.15, -0.1) is 0 Å². The molecule has 2 heterocycles. The molecule has 3 aromatic rings. The van der Waals surface area contributed by atoms with Crippen LogP contribution in [0.2, 0.25) is 0 Å². The van der Waals surface area contributed by atoms with Crippen LogP contribution < -0.4 is 19.6 Å². The van der Waals surface area contributed by atoms with E-state index in [9.17, 15) is 33.3 Å². The summed E-state index contributed by atoms with van der Waals surface area (Å²) in [6.07, 6.45) is 1.56. The maximum atomic E-state index is 12.4. The number of carbonyl (C=O) groups excluding carboxylic acids is 2. The fourth-order valence-corrected chi connectivity index (χ4v) is 5.55. The number of benzene rings is 2. The van der Waals surface area contributed by atoms with Crippen LogP contribution in [0.1, 0.15) is 126 Å². The molecule has 2 unspecified atom stereocenters. The third kappa shape index (κ3) is 20.9. The summed E-state index contributed by atoms with van der Waals surface area (Å²) in [4.78, 5) is 24.4. The number of nitrogens with one attached hydrogen (secondary N) is 3. The fraction of sp³-hybridized carbons (Fsp3) is 0.619. The van der Waals surface area contributed by atoms with Crippen LogP contribution in [0.25, 0.3) is 0 Å². The first-order valence-corrected chi connectivity index (χ1v) is 21.8. The zero-order valence-electron chi connectivity index (χ0n) is 36.5. The second-order valence-electron chi connectivity index (χ2n) is 15.7. The van der Waals surface area contributed by atoms with Crippen molar-refractivity contribution in [2.75, 3.05) is 26.9 Å². The summed E-state index contributed by atoms with van der Waals surface area (Å²) < 4.78 is 40.7. The standard InChI is InChI=1S/C20H31NO8S.C16H22N4O2.C5H12O.CH4O/c1-12(2)7-8-21-19(24)14-5-6-17(18(9-14)29-30(25,26)13(3)4)28-20-16(23)10-15(22)11-27-20;1-11(2)3-8-15(21)12-4-6-13(7-5-12)16(22)17-9-14-10-18-20-19-14;1-5(2)3-4-6;1-2/h5-6,9,12-13,15-16,20,22-23H,7-8,10-11H2,1-4H3,(H,21,24);4-7,10-11,15,21H,3,8-9H2,1-2H3,(H,17,22)(H,18,19,20);5-6H,3-4H2,1-2H3;2H,1H3/t15-,16?,20+;;;/m1.../s1. The van der Waals surface area contributed by atoms with Crippen molar-refractivity contribution in [1.82, 2.24) is 26.0 Å². The van der Waals surface area contributed by atoms with Crippen LogP contribution in [-0.4, -0.2) is 112 Å². The number of nitrogens with zero attached hydrogens (tertiary/aromatic N) is 2. The Morgan fingerprint density at radius 3 is 1.97 bits per heavy atom. The van der Waals surface area contributed by atoms with E-state index in [0.717, 1.165) is 38.4 Å². The number of aromatic amines is 1. The van der Waals surface area contributed by atoms with Crippen molar-refractivity contribution in [1.29, 1.82) is 0 Å². The molecule has 0 bridgehead atoms. The summed E-state index contributed by atoms with van der Waals surface area (Å²) >= 11 is 0. The van der Waals surface area contributed by atoms with E-state index in [-0.39, 0.29) is 41.9 Å². The Morgan fingerprint density at radius 1 is 0.850 bits per heavy atom. The van der Waals surface area contributed by atoms with Crippen LogP contribution in [0.3, 0.4) is 0 Å². The van der Waals surface area contributed by atoms with Crippen LogP contribution in [0.5, 0.6) is 11.5 Å². The van der Waals surface area contributed by atoms with E-state index in [2.05, 4.69) is 53.7 Å². The highest BCUT2D eigenvalue weighted by atomic mass is 32.2. The van der Waals surface area contributed by atoms with Gasteiger partial charge in [-0.3, -0.25) is 9.59 Å². The molecule has 1 fully saturated rings. The van der Waals surface area contributed by atoms with Crippen LogP contribution in [0.4, 0.5) is 0 Å². The molecule has 0 aliphatic carbocycles. The van der Waals surface area contributed by atoms with Crippen molar-refractivity contribution in [3.63, 3.8) is 0 Å². The second-order valence-corrected chi connectivity index (χ2v) is 17.8. The highest BCUT2D eigenvalue weighted by Gasteiger charge is 2.32. The number of carbonyl (C=O) groups is 2. The summed E-state index contributed by atoms with van der Waals surface area (Å²) in [7, 11) is -2.96. The number of ether oxygens (including phenoxy) is 2. The Morgan fingerprint density at radius 2 is 1.45 bits per heavy atom. The van der Waals surface area contributed by atoms with Crippen LogP contribution in [-0.2, 0) is 21.4 Å². The predicted octanol–water partition coefficient (Wildman–Crippen LogP) is 4.26. The molecule has 60 heavy (non-hydrogen) atoms. The summed E-state index contributed by atoms with van der Waals surface area (Å²) in [6, 6.07) is 11.2. The molecule has 1 aliphatic rings. The number of aromatic nitrogens is 3. The summed E-state index contributed by atoms with van der Waals surface area (Å²) in [5.41, 5.74) is 2.28. The Labute approximate surface area is 355 Å². The maximum Gasteiger partial charge on any atom is 0.311 e. The first kappa shape index (κ1) is 53.8. The molecule has 8 N–H and O–H groups in total. The monoisotopic (exact) mass is 867 g/mol. The van der Waals surface area contributed by atoms with Crippen molar-refractivity contribution in [3.05, 3.63) is 71.0 Å². The van der Waals surface area contributed by atoms with Gasteiger partial charge in [0.1, 0.15) is 11.8 Å². The van der Waals surface area contributed by atoms with Gasteiger partial charge in [-0.2, -0.15) is 23.8 Å². The van der Waals surface area contributed by atoms with Gasteiger partial charge in [0.05, 0.1) is 36.8 Å². The smallest absolute Gasteiger partial charge is 0.311 e. The van der Waals surface area contributed by atoms with E-state index in [4.69, 9.17) is 23.9 Å². The molecule has 0 saturated carbocycles. The number of aliphatic hydroxyl groups is 5. The van der Waals surface area contributed by atoms with E-state index < -0.39 is 40.0 Å². The Balaban J connectivity index is 0.000000525. The van der Waals surface area contributed by atoms with E-state index in [0.29, 0.717) is 48.7 Å². The number of aliphatic hydroxyl groups excluding tert-OH is 5. The van der Waals surface area contributed by atoms with Gasteiger partial charge in [0.25, 0.3) is 11.8 Å². The topological polar surface area (TPSA) is 263 Å². The van der Waals surface area contributed by atoms with E-state index in [1.165, 1.54) is 32.0 Å². The first-order chi connectivity index (χ1) is 28.3. The van der Waals surface area contributed by atoms with Crippen molar-refractivity contribution < 1.29 is 57.2 Å². The van der Waals surface area contributed by atoms with Crippen LogP contribution >= 0.6 is 0 Å². The molecule has 2 amide bonds. The summed E-state index contributed by atoms with van der Waals surface area (Å²) in [5.74, 6) is 0.917. The molecular formula is C42H69N5O12S. The first-order valence-electron chi connectivity index (χ1n) is 20.3. The molecule has 0 radical (unpaired) electrons. The minimum atomic E-state index is -3.96. The SMILES string of the molecule is CC(C)CCC(O)c1ccc(C(=O)NCc2cn[nH]n2)cc1.CC(C)CCNC(=O)c1ccc(O[C@@H]2OC[C@H](O)CC2O)c(OS(=O)(=O)C(C)C)c1.CC(C)CCO.CO. The Bertz CT molecular complexity index is 1740. The minimum absolute atomic E-state index is 0.00149. The highest BCUT2D eigenvalue weighted by molar-refractivity contribution is 7.87. The lowest BCUT2D eigenvalue weighted by Crippen LogP contribution is -2.44. The molecule has 1 aliphatic heterocycles. The van der Waals surface area contributed by atoms with Gasteiger partial charge in [0, 0.05) is 37.8 Å². The summed E-state index contributed by atoms with van der Waals surface area (Å²) in [5, 5.41) is 59.7. The van der Waals surface area contributed by atoms with E-state index in [1.54, 1.807) is 30.5 Å². The molecule has 1 aromatic heterocycles. The average Bonchev–Trinajstić information content (AvgIpc) is 3.72. The van der Waals surface area contributed by atoms with Gasteiger partial charge in [-0.1, -0.05) is 53.7 Å². The largest absolute Gasteiger partial charge is 0.458 e. The number of amides is 2. The van der Waals surface area contributed by atoms with Crippen molar-refractivity contribution >= 4 is 21.9 Å². The Hall–Kier alpha value is -4.17. The normalized spacial score (nSPS) is 16.7. The van der Waals surface area contributed by atoms with Crippen LogP contribution in [0, 0.1) is 17.8 Å². The molecule has 1 saturated heterocycles. The van der Waals surface area contributed by atoms with Crippen molar-refractivity contribution in [2.45, 2.75) is 124 Å². The molecule has 340 valence electrons. The summed E-state index contributed by atoms with van der Waals surface area (Å²) in [6.45, 7) is 16.6. The van der Waals surface area contributed by atoms with Gasteiger partial charge >= 0.3 is 10.1 Å². The third-order valence-corrected chi connectivity index (χ3v) is 10.3. The molecule has 4 rings (SSSR count). The van der Waals surface area contributed by atoms with E-state index >= 15 is 0 Å². The molecule has 18 heteroatoms. The highest BCUT2D eigenvalue weighted by Crippen LogP contribution is 2.33. The van der Waals surface area contributed by atoms with E-state index in [1.807, 2.05) is 13.8 Å². The molecular weight excluding hydrogens is 799 g/mol.